The van der Waals surface area contributed by atoms with Gasteiger partial charge in [-0.15, -0.1) is 53.6 Å². The number of aryl methyl sites for hydroxylation is 4. The molecule has 3 heterocycles. The molecular weight excluding hydrogens is 855 g/mol. The first kappa shape index (κ1) is 32.8. The van der Waals surface area contributed by atoms with Gasteiger partial charge in [0.1, 0.15) is 5.58 Å². The van der Waals surface area contributed by atoms with Gasteiger partial charge in [-0.2, -0.15) is 0 Å². The number of pyridine rings is 1. The summed E-state index contributed by atoms with van der Waals surface area (Å²) in [5, 5.41) is 3.20. The van der Waals surface area contributed by atoms with E-state index >= 15 is 0 Å². The van der Waals surface area contributed by atoms with Crippen LogP contribution in [-0.4, -0.2) is 22.6 Å². The summed E-state index contributed by atoms with van der Waals surface area (Å²) in [5.74, 6) is 0.848. The molecule has 4 nitrogen and oxygen atoms in total. The number of para-hydroxylation sites is 3. The molecule has 1 radical (unpaired) electrons. The summed E-state index contributed by atoms with van der Waals surface area (Å²) in [6.07, 6.45) is 0.269. The molecule has 0 aliphatic carbocycles. The summed E-state index contributed by atoms with van der Waals surface area (Å²) < 4.78 is 48.6. The number of hydrogen-bond acceptors (Lipinski definition) is 3. The van der Waals surface area contributed by atoms with Crippen LogP contribution in [0.1, 0.15) is 55.4 Å². The first-order valence-electron chi connectivity index (χ1n) is 20.6. The number of rotatable bonds is 5. The van der Waals surface area contributed by atoms with E-state index in [1.807, 2.05) is 57.2 Å². The third-order valence-corrected chi connectivity index (χ3v) is 11.3. The van der Waals surface area contributed by atoms with Crippen molar-refractivity contribution < 1.29 is 31.4 Å². The second-order valence-corrected chi connectivity index (χ2v) is 21.0. The Morgan fingerprint density at radius 1 is 0.852 bits per heavy atom. The minimum absolute atomic E-state index is 0. The molecule has 0 aliphatic heterocycles. The number of aromatic nitrogens is 3. The van der Waals surface area contributed by atoms with Gasteiger partial charge < -0.3 is 14.0 Å². The Morgan fingerprint density at radius 3 is 2.26 bits per heavy atom. The van der Waals surface area contributed by atoms with E-state index in [1.165, 1.54) is 22.8 Å². The van der Waals surface area contributed by atoms with Gasteiger partial charge in [0.05, 0.1) is 30.5 Å². The average Bonchev–Trinajstić information content (AvgIpc) is 3.72. The average molecular weight is 909 g/mol. The largest absolute Gasteiger partial charge is 0.501 e. The van der Waals surface area contributed by atoms with Gasteiger partial charge in [-0.1, -0.05) is 118 Å². The number of furan rings is 1. The van der Waals surface area contributed by atoms with E-state index < -0.39 is 26.7 Å². The van der Waals surface area contributed by atoms with Gasteiger partial charge in [-0.3, -0.25) is 4.98 Å². The van der Waals surface area contributed by atoms with Crippen molar-refractivity contribution in [3.05, 3.63) is 143 Å². The smallest absolute Gasteiger partial charge is 0.120 e. The third-order valence-electron chi connectivity index (χ3n) is 9.29. The molecule has 0 aliphatic rings. The summed E-state index contributed by atoms with van der Waals surface area (Å²) in [6, 6.07) is 37.9. The van der Waals surface area contributed by atoms with Crippen LogP contribution in [-0.2, 0) is 26.5 Å². The Morgan fingerprint density at radius 2 is 1.57 bits per heavy atom. The van der Waals surface area contributed by atoms with Crippen molar-refractivity contribution in [3.8, 4) is 28.3 Å². The standard InChI is InChI=1S/C28H21N2O.C20H28NSi.Ir/c1-17-15-18(2)26(19(3)16-17)30-24-13-6-5-12-23(24)29-28(30)22-11-8-10-21-20-9-4-7-14-25(20)31-27(21)22;1-15-8-10-16(11-9-15)18-12-17(13-20(2,3)4)19(14-21-18)22(5,6)7;/h4-10,12-16H,1-3H3;8-10,12,14H,13H2,1-7H3;/q2*-1;/i;1D3,13D2;. The van der Waals surface area contributed by atoms with E-state index in [4.69, 9.17) is 16.3 Å². The van der Waals surface area contributed by atoms with Crippen molar-refractivity contribution in [3.63, 3.8) is 0 Å². The summed E-state index contributed by atoms with van der Waals surface area (Å²) >= 11 is 0. The van der Waals surface area contributed by atoms with E-state index in [1.54, 1.807) is 18.3 Å². The molecule has 0 saturated heterocycles. The molecular formula is C48H49IrN3OSi-2. The second-order valence-electron chi connectivity index (χ2n) is 15.9. The van der Waals surface area contributed by atoms with Crippen molar-refractivity contribution >= 4 is 46.2 Å². The normalized spacial score (nSPS) is 13.7. The maximum Gasteiger partial charge on any atom is 0.120 e. The first-order chi connectivity index (χ1) is 27.2. The van der Waals surface area contributed by atoms with Crippen molar-refractivity contribution in [1.82, 2.24) is 14.5 Å². The maximum absolute atomic E-state index is 8.79. The van der Waals surface area contributed by atoms with Crippen LogP contribution < -0.4 is 5.19 Å². The molecule has 0 unspecified atom stereocenters. The molecule has 8 aromatic rings. The van der Waals surface area contributed by atoms with E-state index in [0.717, 1.165) is 55.2 Å². The zero-order chi connectivity index (χ0) is 41.9. The first-order valence-corrected chi connectivity index (χ1v) is 21.6. The zero-order valence-corrected chi connectivity index (χ0v) is 35.8. The molecule has 277 valence electrons. The van der Waals surface area contributed by atoms with Crippen LogP contribution in [0.25, 0.3) is 61.3 Å². The molecule has 0 N–H and O–H groups in total. The Balaban J connectivity index is 0.000000198. The summed E-state index contributed by atoms with van der Waals surface area (Å²) in [7, 11) is -1.81. The zero-order valence-electron chi connectivity index (χ0n) is 37.4. The fourth-order valence-corrected chi connectivity index (χ4v) is 8.49. The summed E-state index contributed by atoms with van der Waals surface area (Å²) in [6.45, 7) is 16.6. The Bertz CT molecular complexity index is 2790. The van der Waals surface area contributed by atoms with Crippen molar-refractivity contribution in [2.24, 2.45) is 5.41 Å². The van der Waals surface area contributed by atoms with Crippen molar-refractivity contribution in [2.45, 2.75) is 74.4 Å². The fraction of sp³-hybridized carbons (Fsp3) is 0.250. The van der Waals surface area contributed by atoms with E-state index in [9.17, 15) is 0 Å². The van der Waals surface area contributed by atoms with E-state index in [2.05, 4.69) is 105 Å². The van der Waals surface area contributed by atoms with Gasteiger partial charge in [0.15, 0.2) is 0 Å². The van der Waals surface area contributed by atoms with E-state index in [0.29, 0.717) is 16.8 Å². The number of nitrogens with zero attached hydrogens (tertiary/aromatic N) is 3. The Labute approximate surface area is 342 Å². The van der Waals surface area contributed by atoms with Crippen LogP contribution in [0.4, 0.5) is 0 Å². The van der Waals surface area contributed by atoms with Crippen molar-refractivity contribution in [1.29, 1.82) is 0 Å². The fourth-order valence-electron chi connectivity index (χ4n) is 7.09. The minimum Gasteiger partial charge on any atom is -0.501 e. The Hall–Kier alpha value is -4.61. The van der Waals surface area contributed by atoms with Crippen LogP contribution in [0.2, 0.25) is 19.6 Å². The minimum atomic E-state index is -2.17. The van der Waals surface area contributed by atoms with Gasteiger partial charge in [0, 0.05) is 44.2 Å². The summed E-state index contributed by atoms with van der Waals surface area (Å²) in [5.41, 5.74) is 11.1. The molecule has 0 spiro atoms. The molecule has 54 heavy (non-hydrogen) atoms. The van der Waals surface area contributed by atoms with Crippen LogP contribution >= 0.6 is 0 Å². The monoisotopic (exact) mass is 909 g/mol. The third kappa shape index (κ3) is 7.93. The molecule has 5 aromatic carbocycles. The van der Waals surface area contributed by atoms with Gasteiger partial charge in [0.2, 0.25) is 0 Å². The molecule has 0 amide bonds. The molecule has 0 bridgehead atoms. The number of benzene rings is 5. The molecule has 0 saturated carbocycles. The predicted molar refractivity (Wildman–Crippen MR) is 226 cm³/mol. The van der Waals surface area contributed by atoms with Gasteiger partial charge in [-0.05, 0) is 72.8 Å². The topological polar surface area (TPSA) is 43.9 Å². The molecule has 0 fully saturated rings. The van der Waals surface area contributed by atoms with Gasteiger partial charge in [0.25, 0.3) is 0 Å². The SMILES string of the molecule is Cc1cc(C)c(-n2c(-c3[c-]ccc4c3oc3ccccc34)nc3ccccc32)c(C)c1.[2H]C([2H])([2H])c1c[c-]c(-c2cc(C([2H])([2H])C(C)(C)C)c([Si](C)(C)C)cn2)cc1.[Ir]. The van der Waals surface area contributed by atoms with E-state index in [-0.39, 0.29) is 25.7 Å². The van der Waals surface area contributed by atoms with Gasteiger partial charge in [-0.25, -0.2) is 0 Å². The van der Waals surface area contributed by atoms with Crippen LogP contribution in [0.15, 0.2) is 108 Å². The van der Waals surface area contributed by atoms with Crippen molar-refractivity contribution in [2.75, 3.05) is 0 Å². The maximum atomic E-state index is 8.79. The van der Waals surface area contributed by atoms with Crippen LogP contribution in [0, 0.1) is 45.2 Å². The Kier molecular flexibility index (Phi) is 9.26. The van der Waals surface area contributed by atoms with Gasteiger partial charge >= 0.3 is 0 Å². The molecule has 3 aromatic heterocycles. The van der Waals surface area contributed by atoms with Crippen LogP contribution in [0.3, 0.4) is 0 Å². The van der Waals surface area contributed by atoms with Crippen LogP contribution in [0.5, 0.6) is 0 Å². The quantitative estimate of drug-likeness (QED) is 0.128. The number of fused-ring (bicyclic) bond motifs is 4. The second kappa shape index (κ2) is 15.3. The molecule has 8 rings (SSSR count). The summed E-state index contributed by atoms with van der Waals surface area (Å²) in [4.78, 5) is 9.62. The number of imidazole rings is 1. The molecule has 6 heteroatoms. The molecule has 0 atom stereocenters. The predicted octanol–water partition coefficient (Wildman–Crippen LogP) is 12.3. The number of hydrogen-bond donors (Lipinski definition) is 0.